The second-order valence-electron chi connectivity index (χ2n) is 11.4. The monoisotopic (exact) mass is 499 g/mol. The number of benzene rings is 2. The molecule has 0 aliphatic heterocycles. The van der Waals surface area contributed by atoms with E-state index in [0.29, 0.717) is 5.92 Å². The van der Waals surface area contributed by atoms with Crippen molar-refractivity contribution >= 4 is 29.7 Å². The van der Waals surface area contributed by atoms with Crippen molar-refractivity contribution in [1.29, 1.82) is 0 Å². The molecule has 0 radical (unpaired) electrons. The molecule has 2 N–H and O–H groups in total. The fourth-order valence-corrected chi connectivity index (χ4v) is 8.99. The van der Waals surface area contributed by atoms with Gasteiger partial charge in [-0.15, -0.1) is 0 Å². The van der Waals surface area contributed by atoms with Crippen LogP contribution in [-0.2, 0) is 11.0 Å². The summed E-state index contributed by atoms with van der Waals surface area (Å²) >= 11 is 0. The molecule has 3 nitrogen and oxygen atoms in total. The van der Waals surface area contributed by atoms with Crippen LogP contribution in [0.25, 0.3) is 0 Å². The van der Waals surface area contributed by atoms with Crippen LogP contribution >= 0.6 is 0 Å². The van der Waals surface area contributed by atoms with Crippen molar-refractivity contribution in [1.82, 2.24) is 4.72 Å². The number of unbranched alkanes of at least 4 members (excludes halogenated alkanes) is 1. The van der Waals surface area contributed by atoms with E-state index >= 15 is 0 Å². The van der Waals surface area contributed by atoms with Crippen LogP contribution in [0.5, 0.6) is 0 Å². The van der Waals surface area contributed by atoms with E-state index in [1.807, 2.05) is 57.2 Å². The van der Waals surface area contributed by atoms with E-state index < -0.39 is 19.3 Å². The molecule has 0 amide bonds. The van der Waals surface area contributed by atoms with Crippen molar-refractivity contribution in [2.24, 2.45) is 5.92 Å². The van der Waals surface area contributed by atoms with Crippen LogP contribution in [0.2, 0.25) is 5.04 Å². The maximum Gasteiger partial charge on any atom is 0.258 e. The Kier molecular flexibility index (Phi) is 10.5. The summed E-state index contributed by atoms with van der Waals surface area (Å²) in [7, 11) is -4.04. The summed E-state index contributed by atoms with van der Waals surface area (Å²) in [6.45, 7) is 14.8. The first-order valence-electron chi connectivity index (χ1n) is 12.6. The van der Waals surface area contributed by atoms with Gasteiger partial charge in [-0.05, 0) is 67.8 Å². The minimum absolute atomic E-state index is 0.105. The van der Waals surface area contributed by atoms with E-state index in [4.69, 9.17) is 0 Å². The first kappa shape index (κ1) is 28.7. The Morgan fingerprint density at radius 1 is 0.941 bits per heavy atom. The molecule has 0 fully saturated rings. The number of hydrogen-bond donors (Lipinski definition) is 2. The second-order valence-corrected chi connectivity index (χ2v) is 17.3. The van der Waals surface area contributed by atoms with Crippen molar-refractivity contribution in [2.45, 2.75) is 90.0 Å². The molecule has 0 aliphatic carbocycles. The zero-order chi connectivity index (χ0) is 25.4. The van der Waals surface area contributed by atoms with Crippen molar-refractivity contribution in [3.63, 3.8) is 0 Å². The summed E-state index contributed by atoms with van der Waals surface area (Å²) in [4.78, 5) is 12.3. The highest BCUT2D eigenvalue weighted by Gasteiger charge is 2.49. The van der Waals surface area contributed by atoms with Crippen LogP contribution in [-0.4, -0.2) is 28.1 Å². The van der Waals surface area contributed by atoms with Gasteiger partial charge in [0.25, 0.3) is 8.32 Å². The van der Waals surface area contributed by atoms with Gasteiger partial charge < -0.3 is 4.80 Å². The van der Waals surface area contributed by atoms with Crippen LogP contribution < -0.4 is 15.1 Å². The van der Waals surface area contributed by atoms with Gasteiger partial charge in [-0.1, -0.05) is 101 Å². The van der Waals surface area contributed by atoms with Gasteiger partial charge >= 0.3 is 0 Å². The highest BCUT2D eigenvalue weighted by molar-refractivity contribution is 7.84. The lowest BCUT2D eigenvalue weighted by Gasteiger charge is -2.41. The maximum atomic E-state index is 12.6. The molecule has 0 aromatic heterocycles. The van der Waals surface area contributed by atoms with Gasteiger partial charge in [0.05, 0.1) is 15.7 Å². The van der Waals surface area contributed by atoms with Gasteiger partial charge in [-0.2, -0.15) is 0 Å². The fourth-order valence-electron chi connectivity index (χ4n) is 4.40. The third-order valence-electron chi connectivity index (χ3n) is 6.44. The Balaban J connectivity index is 2.11. The molecule has 0 saturated carbocycles. The van der Waals surface area contributed by atoms with Gasteiger partial charge in [0.1, 0.15) is 0 Å². The van der Waals surface area contributed by atoms with Gasteiger partial charge in [-0.3, -0.25) is 0 Å². The first-order valence-corrected chi connectivity index (χ1v) is 15.7. The molecule has 5 heteroatoms. The van der Waals surface area contributed by atoms with Gasteiger partial charge in [0, 0.05) is 6.04 Å². The predicted octanol–water partition coefficient (Wildman–Crippen LogP) is 5.71. The van der Waals surface area contributed by atoms with Crippen molar-refractivity contribution in [2.75, 3.05) is 0 Å². The summed E-state index contributed by atoms with van der Waals surface area (Å²) in [6, 6.07) is 20.6. The fraction of sp³-hybridized carbons (Fsp3) is 0.517. The quantitative estimate of drug-likeness (QED) is 0.223. The molecule has 2 aromatic carbocycles. The van der Waals surface area contributed by atoms with Crippen molar-refractivity contribution in [3.8, 4) is 0 Å². The van der Waals surface area contributed by atoms with Crippen LogP contribution in [0.15, 0.2) is 72.8 Å². The smallest absolute Gasteiger partial charge is 0.258 e. The van der Waals surface area contributed by atoms with Gasteiger partial charge in [-0.25, -0.2) is 8.93 Å². The molecule has 0 saturated heterocycles. The molecule has 2 atom stereocenters. The van der Waals surface area contributed by atoms with E-state index in [9.17, 15) is 9.00 Å². The first-order chi connectivity index (χ1) is 15.9. The lowest BCUT2D eigenvalue weighted by Crippen LogP contribution is -2.65. The molecular formula is C29H45NO2SSi. The highest BCUT2D eigenvalue weighted by Crippen LogP contribution is 2.40. The molecule has 0 spiro atoms. The Morgan fingerprint density at radius 2 is 1.44 bits per heavy atom. The van der Waals surface area contributed by atoms with Gasteiger partial charge in [0.2, 0.25) is 0 Å². The highest BCUT2D eigenvalue weighted by atomic mass is 32.2. The van der Waals surface area contributed by atoms with E-state index in [0.717, 1.165) is 36.1 Å². The Bertz CT molecular complexity index is 881. The molecule has 2 rings (SSSR count). The van der Waals surface area contributed by atoms with E-state index in [1.54, 1.807) is 0 Å². The molecule has 0 bridgehead atoms. The average Bonchev–Trinajstić information content (AvgIpc) is 2.78. The number of rotatable bonds is 12. The second kappa shape index (κ2) is 12.4. The summed E-state index contributed by atoms with van der Waals surface area (Å²) < 4.78 is 15.6. The summed E-state index contributed by atoms with van der Waals surface area (Å²) in [5.74, 6) is 0.524. The van der Waals surface area contributed by atoms with Gasteiger partial charge in [0.15, 0.2) is 0 Å². The zero-order valence-corrected chi connectivity index (χ0v) is 24.0. The third kappa shape index (κ3) is 7.74. The average molecular weight is 500 g/mol. The number of nitrogens with one attached hydrogen (secondary N) is 1. The van der Waals surface area contributed by atoms with Crippen molar-refractivity contribution in [3.05, 3.63) is 72.8 Å². The van der Waals surface area contributed by atoms with E-state index in [1.165, 1.54) is 0 Å². The molecular weight excluding hydrogens is 454 g/mol. The summed E-state index contributed by atoms with van der Waals surface area (Å²) in [5, 5.41) is 1.90. The zero-order valence-electron chi connectivity index (χ0n) is 22.2. The van der Waals surface area contributed by atoms with E-state index in [2.05, 4.69) is 68.8 Å². The van der Waals surface area contributed by atoms with Crippen LogP contribution in [0.1, 0.15) is 74.1 Å². The molecule has 34 heavy (non-hydrogen) atoms. The minimum Gasteiger partial charge on any atom is -0.424 e. The van der Waals surface area contributed by atoms with Crippen LogP contribution in [0, 0.1) is 5.92 Å². The SMILES string of the molecule is CC(C)C[C@@H](/C=C/CCCC(C)(C)[Si](O)(c1ccccc1)c1ccccc1)N[S@](=O)C(C)(C)C. The largest absolute Gasteiger partial charge is 0.424 e. The molecule has 0 unspecified atom stereocenters. The Morgan fingerprint density at radius 3 is 1.88 bits per heavy atom. The summed E-state index contributed by atoms with van der Waals surface area (Å²) in [6.07, 6.45) is 8.24. The van der Waals surface area contributed by atoms with Crippen LogP contribution in [0.3, 0.4) is 0 Å². The molecule has 188 valence electrons. The summed E-state index contributed by atoms with van der Waals surface area (Å²) in [5.41, 5.74) is 0. The molecule has 0 heterocycles. The molecule has 2 aromatic rings. The third-order valence-corrected chi connectivity index (χ3v) is 12.6. The Labute approximate surface area is 211 Å². The number of allylic oxidation sites excluding steroid dienone is 1. The van der Waals surface area contributed by atoms with Crippen LogP contribution in [0.4, 0.5) is 0 Å². The number of hydrogen-bond acceptors (Lipinski definition) is 2. The lowest BCUT2D eigenvalue weighted by atomic mass is 10.0. The predicted molar refractivity (Wildman–Crippen MR) is 151 cm³/mol. The molecule has 0 aliphatic rings. The minimum atomic E-state index is -2.95. The maximum absolute atomic E-state index is 12.6. The standard InChI is InChI=1S/C29H45NO2SSi/c1-24(2)23-25(30-33(31)28(3,4)5)17-11-10-16-22-29(6,7)34(32,26-18-12-8-13-19-26)27-20-14-9-15-21-27/h8-9,11-15,17-21,24-25,30,32H,10,16,22-23H2,1-7H3/b17-11+/t25-,33-/m1/s1. The normalized spacial score (nSPS) is 15.1. The lowest BCUT2D eigenvalue weighted by molar-refractivity contribution is 0.458. The van der Waals surface area contributed by atoms with E-state index in [-0.39, 0.29) is 15.8 Å². The Hall–Kier alpha value is -1.53. The van der Waals surface area contributed by atoms with Crippen molar-refractivity contribution < 1.29 is 9.00 Å². The topological polar surface area (TPSA) is 49.3 Å².